The van der Waals surface area contributed by atoms with Crippen LogP contribution in [0.5, 0.6) is 0 Å². The second kappa shape index (κ2) is 6.70. The molecule has 1 aliphatic rings. The van der Waals surface area contributed by atoms with Gasteiger partial charge in [0, 0.05) is 23.1 Å². The summed E-state index contributed by atoms with van der Waals surface area (Å²) in [5.74, 6) is -0.801. The van der Waals surface area contributed by atoms with Crippen LogP contribution in [0.3, 0.4) is 0 Å². The van der Waals surface area contributed by atoms with Crippen LogP contribution in [-0.2, 0) is 16.0 Å². The van der Waals surface area contributed by atoms with Gasteiger partial charge < -0.3 is 9.64 Å². The van der Waals surface area contributed by atoms with Gasteiger partial charge in [-0.1, -0.05) is 18.2 Å². The number of nitrogens with zero attached hydrogens (tertiary/aromatic N) is 5. The van der Waals surface area contributed by atoms with Crippen molar-refractivity contribution in [3.05, 3.63) is 53.1 Å². The molecule has 2 aromatic heterocycles. The van der Waals surface area contributed by atoms with Crippen LogP contribution in [0, 0.1) is 13.8 Å². The number of fused-ring (bicyclic) bond motifs is 2. The lowest BCUT2D eigenvalue weighted by atomic mass is 10.1. The molecule has 0 N–H and O–H groups in total. The van der Waals surface area contributed by atoms with E-state index in [4.69, 9.17) is 4.74 Å². The topological polar surface area (TPSA) is 89.7 Å². The number of hydrogen-bond acceptors (Lipinski definition) is 6. The maximum Gasteiger partial charge on any atom is 0.379 e. The van der Waals surface area contributed by atoms with Crippen molar-refractivity contribution < 1.29 is 14.3 Å². The number of aryl methyl sites for hydroxylation is 2. The van der Waals surface area contributed by atoms with Crippen LogP contribution in [0.1, 0.15) is 41.4 Å². The average molecular weight is 379 g/mol. The fraction of sp³-hybridized carbons (Fsp3) is 0.350. The first-order valence-electron chi connectivity index (χ1n) is 9.18. The van der Waals surface area contributed by atoms with Crippen LogP contribution in [0.25, 0.3) is 5.78 Å². The fourth-order valence-electron chi connectivity index (χ4n) is 3.61. The number of rotatable bonds is 3. The van der Waals surface area contributed by atoms with E-state index in [2.05, 4.69) is 15.1 Å². The number of amides is 1. The minimum absolute atomic E-state index is 0.00851. The van der Waals surface area contributed by atoms with Crippen LogP contribution < -0.4 is 4.90 Å². The van der Waals surface area contributed by atoms with Gasteiger partial charge in [-0.2, -0.15) is 4.98 Å². The van der Waals surface area contributed by atoms with Gasteiger partial charge in [-0.15, -0.1) is 5.10 Å². The molecule has 0 unspecified atom stereocenters. The lowest BCUT2D eigenvalue weighted by molar-refractivity contribution is -0.126. The molecular weight excluding hydrogens is 358 g/mol. The molecule has 144 valence electrons. The quantitative estimate of drug-likeness (QED) is 0.649. The highest BCUT2D eigenvalue weighted by Crippen LogP contribution is 2.32. The predicted octanol–water partition coefficient (Wildman–Crippen LogP) is 2.26. The van der Waals surface area contributed by atoms with Gasteiger partial charge in [0.25, 0.3) is 17.5 Å². The molecule has 1 aromatic carbocycles. The Morgan fingerprint density at radius 1 is 1.21 bits per heavy atom. The van der Waals surface area contributed by atoms with Crippen molar-refractivity contribution in [2.45, 2.75) is 46.3 Å². The Morgan fingerprint density at radius 2 is 1.96 bits per heavy atom. The third-order valence-electron chi connectivity index (χ3n) is 4.88. The molecule has 28 heavy (non-hydrogen) atoms. The van der Waals surface area contributed by atoms with E-state index in [9.17, 15) is 9.59 Å². The van der Waals surface area contributed by atoms with Crippen molar-refractivity contribution in [1.29, 1.82) is 0 Å². The van der Waals surface area contributed by atoms with Gasteiger partial charge >= 0.3 is 5.97 Å². The van der Waals surface area contributed by atoms with Gasteiger partial charge in [0.2, 0.25) is 0 Å². The summed E-state index contributed by atoms with van der Waals surface area (Å²) in [7, 11) is 0. The van der Waals surface area contributed by atoms with Gasteiger partial charge in [-0.05, 0) is 51.8 Å². The summed E-state index contributed by atoms with van der Waals surface area (Å²) >= 11 is 0. The third kappa shape index (κ3) is 3.00. The number of carbonyl (C=O) groups excluding carboxylic acids is 2. The molecule has 0 fully saturated rings. The fourth-order valence-corrected chi connectivity index (χ4v) is 3.61. The summed E-state index contributed by atoms with van der Waals surface area (Å²) in [6.45, 7) is 7.24. The molecule has 8 heteroatoms. The summed E-state index contributed by atoms with van der Waals surface area (Å²) in [5, 5.41) is 4.16. The maximum atomic E-state index is 12.9. The van der Waals surface area contributed by atoms with Crippen molar-refractivity contribution in [2.75, 3.05) is 4.90 Å². The molecule has 3 heterocycles. The van der Waals surface area contributed by atoms with Crippen molar-refractivity contribution in [3.63, 3.8) is 0 Å². The number of esters is 1. The van der Waals surface area contributed by atoms with E-state index < -0.39 is 12.1 Å². The SMILES string of the molecule is Cc1cc(C)n2nc(C(=O)O[C@H](C)C(=O)N3c4ccccc4C[C@H]3C)nc2n1. The van der Waals surface area contributed by atoms with Crippen molar-refractivity contribution in [2.24, 2.45) is 0 Å². The van der Waals surface area contributed by atoms with Crippen LogP contribution in [-0.4, -0.2) is 43.6 Å². The Labute approximate surface area is 162 Å². The molecule has 0 bridgehead atoms. The molecule has 2 atom stereocenters. The van der Waals surface area contributed by atoms with Crippen molar-refractivity contribution in [3.8, 4) is 0 Å². The zero-order chi connectivity index (χ0) is 20.0. The van der Waals surface area contributed by atoms with Crippen LogP contribution >= 0.6 is 0 Å². The number of ether oxygens (including phenoxy) is 1. The third-order valence-corrected chi connectivity index (χ3v) is 4.88. The Kier molecular flexibility index (Phi) is 4.33. The summed E-state index contributed by atoms with van der Waals surface area (Å²) in [6.07, 6.45) is -0.176. The Bertz CT molecular complexity index is 1090. The maximum absolute atomic E-state index is 12.9. The zero-order valence-electron chi connectivity index (χ0n) is 16.2. The minimum Gasteiger partial charge on any atom is -0.447 e. The van der Waals surface area contributed by atoms with Gasteiger partial charge in [-0.3, -0.25) is 4.79 Å². The highest BCUT2D eigenvalue weighted by Gasteiger charge is 2.35. The average Bonchev–Trinajstić information content (AvgIpc) is 3.21. The number of carbonyl (C=O) groups is 2. The molecule has 8 nitrogen and oxygen atoms in total. The monoisotopic (exact) mass is 379 g/mol. The second-order valence-corrected chi connectivity index (χ2v) is 7.12. The molecule has 4 rings (SSSR count). The summed E-state index contributed by atoms with van der Waals surface area (Å²) < 4.78 is 6.86. The minimum atomic E-state index is -0.955. The number of aromatic nitrogens is 4. The number of hydrogen-bond donors (Lipinski definition) is 0. The van der Waals surface area contributed by atoms with Gasteiger partial charge in [0.05, 0.1) is 0 Å². The number of anilines is 1. The Morgan fingerprint density at radius 3 is 2.75 bits per heavy atom. The molecular formula is C20H21N5O3. The predicted molar refractivity (Wildman–Crippen MR) is 102 cm³/mol. The van der Waals surface area contributed by atoms with E-state index in [1.807, 2.05) is 51.1 Å². The van der Waals surface area contributed by atoms with Gasteiger partial charge in [0.1, 0.15) is 0 Å². The molecule has 0 radical (unpaired) electrons. The molecule has 0 saturated heterocycles. The highest BCUT2D eigenvalue weighted by molar-refractivity contribution is 6.00. The molecule has 1 amide bonds. The molecule has 3 aromatic rings. The molecule has 0 aliphatic carbocycles. The summed E-state index contributed by atoms with van der Waals surface area (Å²) in [6, 6.07) is 9.62. The van der Waals surface area contributed by atoms with E-state index in [-0.39, 0.29) is 17.8 Å². The normalized spacial score (nSPS) is 16.9. The lowest BCUT2D eigenvalue weighted by Crippen LogP contribution is -2.43. The summed E-state index contributed by atoms with van der Waals surface area (Å²) in [5.41, 5.74) is 3.56. The van der Waals surface area contributed by atoms with Crippen molar-refractivity contribution in [1.82, 2.24) is 19.6 Å². The first kappa shape index (κ1) is 18.1. The molecule has 1 aliphatic heterocycles. The van der Waals surface area contributed by atoms with E-state index in [0.29, 0.717) is 5.78 Å². The Hall–Kier alpha value is -3.29. The van der Waals surface area contributed by atoms with E-state index in [1.165, 1.54) is 4.52 Å². The second-order valence-electron chi connectivity index (χ2n) is 7.12. The largest absolute Gasteiger partial charge is 0.447 e. The van der Waals surface area contributed by atoms with E-state index in [0.717, 1.165) is 29.1 Å². The summed E-state index contributed by atoms with van der Waals surface area (Å²) in [4.78, 5) is 35.5. The van der Waals surface area contributed by atoms with Crippen molar-refractivity contribution >= 4 is 23.3 Å². The number of benzene rings is 1. The van der Waals surface area contributed by atoms with Gasteiger partial charge in [-0.25, -0.2) is 14.3 Å². The molecule has 0 spiro atoms. The Balaban J connectivity index is 1.53. The lowest BCUT2D eigenvalue weighted by Gasteiger charge is -2.25. The first-order valence-corrected chi connectivity index (χ1v) is 9.18. The number of para-hydroxylation sites is 1. The zero-order valence-corrected chi connectivity index (χ0v) is 16.2. The highest BCUT2D eigenvalue weighted by atomic mass is 16.5. The van der Waals surface area contributed by atoms with Crippen LogP contribution in [0.2, 0.25) is 0 Å². The smallest absolute Gasteiger partial charge is 0.379 e. The van der Waals surface area contributed by atoms with E-state index in [1.54, 1.807) is 11.8 Å². The van der Waals surface area contributed by atoms with E-state index >= 15 is 0 Å². The first-order chi connectivity index (χ1) is 13.3. The van der Waals surface area contributed by atoms with Gasteiger partial charge in [0.15, 0.2) is 6.10 Å². The standard InChI is InChI=1S/C20H21N5O3/c1-11-9-13(3)25-20(21-11)22-17(23-25)19(27)28-14(4)18(26)24-12(2)10-15-7-5-6-8-16(15)24/h5-9,12,14H,10H2,1-4H3/t12-,14-/m1/s1. The van der Waals surface area contributed by atoms with Crippen LogP contribution in [0.4, 0.5) is 5.69 Å². The van der Waals surface area contributed by atoms with Crippen LogP contribution in [0.15, 0.2) is 30.3 Å². The molecule has 0 saturated carbocycles.